The van der Waals surface area contributed by atoms with Gasteiger partial charge in [0.15, 0.2) is 0 Å². The van der Waals surface area contributed by atoms with Gasteiger partial charge < -0.3 is 5.73 Å². The van der Waals surface area contributed by atoms with E-state index in [0.29, 0.717) is 0 Å². The summed E-state index contributed by atoms with van der Waals surface area (Å²) in [5, 5.41) is 0. The lowest BCUT2D eigenvalue weighted by molar-refractivity contribution is 0.143. The van der Waals surface area contributed by atoms with Gasteiger partial charge in [0.1, 0.15) is 0 Å². The molecule has 0 bridgehead atoms. The molecule has 2 heteroatoms. The molecule has 24 heavy (non-hydrogen) atoms. The molecule has 0 saturated heterocycles. The number of hydrogen-bond donors (Lipinski definition) is 1. The Morgan fingerprint density at radius 2 is 1.33 bits per heavy atom. The Bertz CT molecular complexity index is 444. The predicted octanol–water partition coefficient (Wildman–Crippen LogP) is 4.83. The molecular weight excluding hydrogens is 292 g/mol. The summed E-state index contributed by atoms with van der Waals surface area (Å²) in [6.07, 6.45) is 12.7. The average Bonchev–Trinajstić information content (AvgIpc) is 2.64. The van der Waals surface area contributed by atoms with Gasteiger partial charge in [-0.1, -0.05) is 49.6 Å². The highest BCUT2D eigenvalue weighted by molar-refractivity contribution is 5.14. The molecular formula is C22H36N2. The monoisotopic (exact) mass is 328 g/mol. The summed E-state index contributed by atoms with van der Waals surface area (Å²) >= 11 is 0. The molecule has 2 fully saturated rings. The molecule has 2 nitrogen and oxygen atoms in total. The van der Waals surface area contributed by atoms with Crippen LogP contribution >= 0.6 is 0 Å². The lowest BCUT2D eigenvalue weighted by atomic mass is 9.81. The van der Waals surface area contributed by atoms with Gasteiger partial charge in [0.25, 0.3) is 0 Å². The minimum absolute atomic E-state index is 0.794. The maximum absolute atomic E-state index is 5.87. The lowest BCUT2D eigenvalue weighted by Crippen LogP contribution is -2.36. The summed E-state index contributed by atoms with van der Waals surface area (Å²) in [6.45, 7) is 4.63. The van der Waals surface area contributed by atoms with Crippen molar-refractivity contribution < 1.29 is 0 Å². The summed E-state index contributed by atoms with van der Waals surface area (Å²) < 4.78 is 0. The molecule has 3 rings (SSSR count). The molecule has 2 N–H and O–H groups in total. The number of nitrogens with zero attached hydrogens (tertiary/aromatic N) is 1. The zero-order valence-corrected chi connectivity index (χ0v) is 15.3. The van der Waals surface area contributed by atoms with E-state index in [1.54, 1.807) is 0 Å². The van der Waals surface area contributed by atoms with E-state index in [1.165, 1.54) is 76.4 Å². The summed E-state index contributed by atoms with van der Waals surface area (Å²) in [5.41, 5.74) is 7.34. The Hall–Kier alpha value is -0.860. The third-order valence-electron chi connectivity index (χ3n) is 6.31. The molecule has 1 aromatic rings. The highest BCUT2D eigenvalue weighted by Gasteiger charge is 2.24. The van der Waals surface area contributed by atoms with Gasteiger partial charge in [-0.2, -0.15) is 0 Å². The zero-order chi connectivity index (χ0) is 16.6. The maximum atomic E-state index is 5.87. The molecule has 0 amide bonds. The number of rotatable bonds is 7. The quantitative estimate of drug-likeness (QED) is 0.776. The number of benzene rings is 1. The first-order valence-electron chi connectivity index (χ1n) is 10.3. The van der Waals surface area contributed by atoms with Crippen molar-refractivity contribution in [3.8, 4) is 0 Å². The summed E-state index contributed by atoms with van der Waals surface area (Å²) in [7, 11) is 0. The van der Waals surface area contributed by atoms with Gasteiger partial charge in [-0.15, -0.1) is 0 Å². The second-order valence-electron chi connectivity index (χ2n) is 8.31. The Labute approximate surface area is 148 Å². The van der Waals surface area contributed by atoms with Gasteiger partial charge in [-0.25, -0.2) is 0 Å². The normalized spacial score (nSPS) is 25.9. The van der Waals surface area contributed by atoms with E-state index in [-0.39, 0.29) is 0 Å². The van der Waals surface area contributed by atoms with Crippen LogP contribution in [0.25, 0.3) is 0 Å². The molecule has 0 radical (unpaired) electrons. The number of hydrogen-bond acceptors (Lipinski definition) is 2. The van der Waals surface area contributed by atoms with Gasteiger partial charge in [0.05, 0.1) is 0 Å². The van der Waals surface area contributed by atoms with Crippen LogP contribution in [0.3, 0.4) is 0 Å². The van der Waals surface area contributed by atoms with Crippen LogP contribution in [-0.2, 0) is 6.54 Å². The van der Waals surface area contributed by atoms with E-state index in [4.69, 9.17) is 5.73 Å². The van der Waals surface area contributed by atoms with Crippen molar-refractivity contribution in [1.29, 1.82) is 0 Å². The molecule has 0 unspecified atom stereocenters. The summed E-state index contributed by atoms with van der Waals surface area (Å²) in [4.78, 5) is 2.78. The molecule has 0 atom stereocenters. The van der Waals surface area contributed by atoms with Crippen LogP contribution in [-0.4, -0.2) is 24.5 Å². The van der Waals surface area contributed by atoms with Crippen molar-refractivity contribution in [1.82, 2.24) is 4.90 Å². The van der Waals surface area contributed by atoms with Crippen LogP contribution in [0.1, 0.15) is 63.4 Å². The van der Waals surface area contributed by atoms with E-state index in [2.05, 4.69) is 35.2 Å². The first kappa shape index (κ1) is 17.9. The van der Waals surface area contributed by atoms with Crippen molar-refractivity contribution in [2.75, 3.05) is 19.6 Å². The van der Waals surface area contributed by atoms with Crippen molar-refractivity contribution in [3.05, 3.63) is 35.9 Å². The van der Waals surface area contributed by atoms with E-state index in [1.807, 2.05) is 0 Å². The molecule has 2 aliphatic carbocycles. The van der Waals surface area contributed by atoms with Crippen LogP contribution in [0, 0.1) is 17.8 Å². The summed E-state index contributed by atoms with van der Waals surface area (Å²) in [5.74, 6) is 2.62. The highest BCUT2D eigenvalue weighted by Crippen LogP contribution is 2.30. The van der Waals surface area contributed by atoms with Gasteiger partial charge in [-0.3, -0.25) is 4.90 Å². The molecule has 2 aliphatic rings. The zero-order valence-electron chi connectivity index (χ0n) is 15.3. The van der Waals surface area contributed by atoms with Crippen LogP contribution in [0.5, 0.6) is 0 Å². The molecule has 1 aromatic carbocycles. The standard InChI is InChI=1S/C22H36N2/c23-15-19-11-13-22(14-12-19)18-24(16-20-7-3-1-4-8-20)17-21-9-5-2-6-10-21/h1,3-4,7-8,19,21-22H,2,5-6,9-18,23H2. The Balaban J connectivity index is 1.56. The average molecular weight is 329 g/mol. The van der Waals surface area contributed by atoms with E-state index < -0.39 is 0 Å². The third-order valence-corrected chi connectivity index (χ3v) is 6.31. The van der Waals surface area contributed by atoms with Gasteiger partial charge in [-0.05, 0) is 68.4 Å². The Kier molecular flexibility index (Phi) is 7.16. The highest BCUT2D eigenvalue weighted by atomic mass is 15.1. The fourth-order valence-electron chi connectivity index (χ4n) is 4.80. The van der Waals surface area contributed by atoms with Crippen LogP contribution in [0.4, 0.5) is 0 Å². The fourth-order valence-corrected chi connectivity index (χ4v) is 4.80. The Morgan fingerprint density at radius 1 is 0.750 bits per heavy atom. The lowest BCUT2D eigenvalue weighted by Gasteiger charge is -2.35. The first-order chi connectivity index (χ1) is 11.8. The second kappa shape index (κ2) is 9.58. The van der Waals surface area contributed by atoms with Crippen molar-refractivity contribution >= 4 is 0 Å². The van der Waals surface area contributed by atoms with E-state index in [0.717, 1.165) is 30.8 Å². The molecule has 0 aliphatic heterocycles. The minimum Gasteiger partial charge on any atom is -0.330 e. The van der Waals surface area contributed by atoms with Crippen molar-refractivity contribution in [2.24, 2.45) is 23.5 Å². The van der Waals surface area contributed by atoms with E-state index >= 15 is 0 Å². The molecule has 134 valence electrons. The van der Waals surface area contributed by atoms with Crippen LogP contribution < -0.4 is 5.73 Å². The summed E-state index contributed by atoms with van der Waals surface area (Å²) in [6, 6.07) is 11.1. The predicted molar refractivity (Wildman–Crippen MR) is 103 cm³/mol. The SMILES string of the molecule is NCC1CCC(CN(Cc2ccccc2)CC2CCCCC2)CC1. The van der Waals surface area contributed by atoms with Gasteiger partial charge >= 0.3 is 0 Å². The minimum atomic E-state index is 0.794. The van der Waals surface area contributed by atoms with Crippen molar-refractivity contribution in [3.63, 3.8) is 0 Å². The molecule has 2 saturated carbocycles. The third kappa shape index (κ3) is 5.60. The molecule has 0 spiro atoms. The molecule has 0 aromatic heterocycles. The maximum Gasteiger partial charge on any atom is 0.0233 e. The largest absolute Gasteiger partial charge is 0.330 e. The second-order valence-corrected chi connectivity index (χ2v) is 8.31. The van der Waals surface area contributed by atoms with Gasteiger partial charge in [0.2, 0.25) is 0 Å². The van der Waals surface area contributed by atoms with Gasteiger partial charge in [0, 0.05) is 19.6 Å². The number of nitrogens with two attached hydrogens (primary N) is 1. The Morgan fingerprint density at radius 3 is 1.96 bits per heavy atom. The molecule has 0 heterocycles. The first-order valence-corrected chi connectivity index (χ1v) is 10.3. The van der Waals surface area contributed by atoms with Crippen LogP contribution in [0.2, 0.25) is 0 Å². The van der Waals surface area contributed by atoms with Crippen molar-refractivity contribution in [2.45, 2.75) is 64.3 Å². The fraction of sp³-hybridized carbons (Fsp3) is 0.727. The topological polar surface area (TPSA) is 29.3 Å². The van der Waals surface area contributed by atoms with E-state index in [9.17, 15) is 0 Å². The van der Waals surface area contributed by atoms with Crippen LogP contribution in [0.15, 0.2) is 30.3 Å². The smallest absolute Gasteiger partial charge is 0.0233 e.